The maximum absolute atomic E-state index is 10.9. The molecule has 6 heteroatoms. The summed E-state index contributed by atoms with van der Waals surface area (Å²) in [4.78, 5) is 14.9. The normalized spacial score (nSPS) is 11.4. The molecule has 0 saturated heterocycles. The third-order valence-electron chi connectivity index (χ3n) is 3.42. The molecule has 1 heterocycles. The number of aromatic nitrogens is 1. The third-order valence-corrected chi connectivity index (χ3v) is 4.49. The van der Waals surface area contributed by atoms with E-state index < -0.39 is 4.92 Å². The molecule has 0 spiro atoms. The summed E-state index contributed by atoms with van der Waals surface area (Å²) in [7, 11) is 0. The molecule has 0 aliphatic carbocycles. The number of rotatable bonds is 3. The standard InChI is InChI=1S/C17H11N3O2S/c1-11-6-7-14(20(21)22)9-12(11)8-13(10-18)17-19-15-4-2-3-5-16(15)23-17/h2-9H,1H3/b13-8+. The number of allylic oxidation sites excluding steroid dienone is 1. The lowest BCUT2D eigenvalue weighted by Crippen LogP contribution is -1.90. The predicted molar refractivity (Wildman–Crippen MR) is 90.9 cm³/mol. The van der Waals surface area contributed by atoms with E-state index in [4.69, 9.17) is 0 Å². The highest BCUT2D eigenvalue weighted by Gasteiger charge is 2.11. The van der Waals surface area contributed by atoms with Gasteiger partial charge < -0.3 is 0 Å². The summed E-state index contributed by atoms with van der Waals surface area (Å²) in [6.45, 7) is 1.85. The second-order valence-electron chi connectivity index (χ2n) is 4.95. The Hall–Kier alpha value is -3.04. The monoisotopic (exact) mass is 321 g/mol. The molecule has 0 amide bonds. The fraction of sp³-hybridized carbons (Fsp3) is 0.0588. The van der Waals surface area contributed by atoms with Gasteiger partial charge in [0.15, 0.2) is 0 Å². The molecule has 0 atom stereocenters. The van der Waals surface area contributed by atoms with Crippen LogP contribution in [0.25, 0.3) is 21.9 Å². The maximum Gasteiger partial charge on any atom is 0.270 e. The Balaban J connectivity index is 2.10. The van der Waals surface area contributed by atoms with E-state index in [1.165, 1.54) is 23.5 Å². The van der Waals surface area contributed by atoms with Crippen molar-refractivity contribution in [2.24, 2.45) is 0 Å². The Morgan fingerprint density at radius 3 is 2.83 bits per heavy atom. The van der Waals surface area contributed by atoms with Gasteiger partial charge in [-0.25, -0.2) is 4.98 Å². The third kappa shape index (κ3) is 2.96. The van der Waals surface area contributed by atoms with E-state index in [0.29, 0.717) is 16.1 Å². The first-order valence-corrected chi connectivity index (χ1v) is 7.63. The SMILES string of the molecule is Cc1ccc([N+](=O)[O-])cc1/C=C(\C#N)c1nc2ccccc2s1. The van der Waals surface area contributed by atoms with Crippen molar-refractivity contribution >= 4 is 38.9 Å². The molecule has 0 aliphatic rings. The van der Waals surface area contributed by atoms with Crippen LogP contribution in [0.2, 0.25) is 0 Å². The van der Waals surface area contributed by atoms with Crippen molar-refractivity contribution in [3.63, 3.8) is 0 Å². The molecule has 3 rings (SSSR count). The number of nitro groups is 1. The van der Waals surface area contributed by atoms with Gasteiger partial charge in [-0.1, -0.05) is 18.2 Å². The van der Waals surface area contributed by atoms with Gasteiger partial charge in [0, 0.05) is 12.1 Å². The van der Waals surface area contributed by atoms with Crippen molar-refractivity contribution in [2.45, 2.75) is 6.92 Å². The van der Waals surface area contributed by atoms with E-state index in [9.17, 15) is 15.4 Å². The van der Waals surface area contributed by atoms with Crippen molar-refractivity contribution < 1.29 is 4.92 Å². The van der Waals surface area contributed by atoms with E-state index in [-0.39, 0.29) is 5.69 Å². The van der Waals surface area contributed by atoms with Gasteiger partial charge in [-0.3, -0.25) is 10.1 Å². The molecule has 1 aromatic heterocycles. The number of nitro benzene ring substituents is 1. The minimum absolute atomic E-state index is 0.00318. The number of fused-ring (bicyclic) bond motifs is 1. The molecule has 0 unspecified atom stereocenters. The highest BCUT2D eigenvalue weighted by molar-refractivity contribution is 7.19. The van der Waals surface area contributed by atoms with Crippen LogP contribution in [0.15, 0.2) is 42.5 Å². The van der Waals surface area contributed by atoms with Crippen molar-refractivity contribution in [1.29, 1.82) is 5.26 Å². The molecule has 23 heavy (non-hydrogen) atoms. The molecule has 2 aromatic carbocycles. The van der Waals surface area contributed by atoms with Gasteiger partial charge in [0.1, 0.15) is 11.1 Å². The summed E-state index contributed by atoms with van der Waals surface area (Å²) < 4.78 is 0.999. The molecule has 112 valence electrons. The second kappa shape index (κ2) is 5.99. The zero-order chi connectivity index (χ0) is 16.4. The molecule has 3 aromatic rings. The van der Waals surface area contributed by atoms with Crippen LogP contribution in [-0.2, 0) is 0 Å². The second-order valence-corrected chi connectivity index (χ2v) is 5.99. The summed E-state index contributed by atoms with van der Waals surface area (Å²) in [6, 6.07) is 14.4. The van der Waals surface area contributed by atoms with Crippen LogP contribution in [0.1, 0.15) is 16.1 Å². The summed E-state index contributed by atoms with van der Waals surface area (Å²) in [5.74, 6) is 0. The van der Waals surface area contributed by atoms with E-state index in [1.807, 2.05) is 31.2 Å². The molecule has 0 bridgehead atoms. The number of nitriles is 1. The van der Waals surface area contributed by atoms with E-state index in [0.717, 1.165) is 15.8 Å². The van der Waals surface area contributed by atoms with Crippen LogP contribution in [0.3, 0.4) is 0 Å². The molecule has 0 radical (unpaired) electrons. The molecule has 0 aliphatic heterocycles. The van der Waals surface area contributed by atoms with Gasteiger partial charge >= 0.3 is 0 Å². The quantitative estimate of drug-likeness (QED) is 0.402. The van der Waals surface area contributed by atoms with E-state index >= 15 is 0 Å². The summed E-state index contributed by atoms with van der Waals surface area (Å²) in [5.41, 5.74) is 2.75. The fourth-order valence-electron chi connectivity index (χ4n) is 2.18. The summed E-state index contributed by atoms with van der Waals surface area (Å²) in [6.07, 6.45) is 1.65. The molecular formula is C17H11N3O2S. The lowest BCUT2D eigenvalue weighted by atomic mass is 10.1. The Labute approximate surface area is 136 Å². The van der Waals surface area contributed by atoms with Gasteiger partial charge in [0.2, 0.25) is 0 Å². The first-order chi connectivity index (χ1) is 11.1. The number of thiazole rings is 1. The first kappa shape index (κ1) is 14.9. The largest absolute Gasteiger partial charge is 0.270 e. The number of hydrogen-bond donors (Lipinski definition) is 0. The number of non-ortho nitro benzene ring substituents is 1. The van der Waals surface area contributed by atoms with Gasteiger partial charge in [0.25, 0.3) is 5.69 Å². The Morgan fingerprint density at radius 2 is 2.13 bits per heavy atom. The summed E-state index contributed by atoms with van der Waals surface area (Å²) in [5, 5.41) is 21.0. The zero-order valence-corrected chi connectivity index (χ0v) is 13.0. The van der Waals surface area contributed by atoms with Crippen LogP contribution >= 0.6 is 11.3 Å². The Morgan fingerprint density at radius 1 is 1.35 bits per heavy atom. The number of aryl methyl sites for hydroxylation is 1. The van der Waals surface area contributed by atoms with Crippen LogP contribution in [-0.4, -0.2) is 9.91 Å². The lowest BCUT2D eigenvalue weighted by Gasteiger charge is -2.01. The average molecular weight is 321 g/mol. The molecular weight excluding hydrogens is 310 g/mol. The highest BCUT2D eigenvalue weighted by atomic mass is 32.1. The van der Waals surface area contributed by atoms with E-state index in [1.54, 1.807) is 12.1 Å². The van der Waals surface area contributed by atoms with Crippen molar-refractivity contribution in [3.05, 3.63) is 68.7 Å². The van der Waals surface area contributed by atoms with Crippen LogP contribution < -0.4 is 0 Å². The van der Waals surface area contributed by atoms with Gasteiger partial charge in [-0.2, -0.15) is 5.26 Å². The minimum Gasteiger partial charge on any atom is -0.258 e. The first-order valence-electron chi connectivity index (χ1n) is 6.81. The number of benzene rings is 2. The Kier molecular flexibility index (Phi) is 3.87. The Bertz CT molecular complexity index is 950. The molecule has 0 N–H and O–H groups in total. The van der Waals surface area contributed by atoms with E-state index in [2.05, 4.69) is 11.1 Å². The number of nitrogens with zero attached hydrogens (tertiary/aromatic N) is 3. The van der Waals surface area contributed by atoms with Gasteiger partial charge in [-0.15, -0.1) is 11.3 Å². The minimum atomic E-state index is -0.444. The van der Waals surface area contributed by atoms with Crippen LogP contribution in [0.4, 0.5) is 5.69 Å². The fourth-order valence-corrected chi connectivity index (χ4v) is 3.11. The topological polar surface area (TPSA) is 79.8 Å². The van der Waals surface area contributed by atoms with Gasteiger partial charge in [-0.05, 0) is 36.3 Å². The lowest BCUT2D eigenvalue weighted by molar-refractivity contribution is -0.384. The van der Waals surface area contributed by atoms with Crippen molar-refractivity contribution in [3.8, 4) is 6.07 Å². The molecule has 0 fully saturated rings. The highest BCUT2D eigenvalue weighted by Crippen LogP contribution is 2.29. The average Bonchev–Trinajstić information content (AvgIpc) is 2.97. The zero-order valence-electron chi connectivity index (χ0n) is 12.2. The summed E-state index contributed by atoms with van der Waals surface area (Å²) >= 11 is 1.43. The van der Waals surface area contributed by atoms with Crippen LogP contribution in [0.5, 0.6) is 0 Å². The molecule has 0 saturated carbocycles. The van der Waals surface area contributed by atoms with Crippen molar-refractivity contribution in [2.75, 3.05) is 0 Å². The number of para-hydroxylation sites is 1. The predicted octanol–water partition coefficient (Wildman–Crippen LogP) is 4.58. The van der Waals surface area contributed by atoms with Gasteiger partial charge in [0.05, 0.1) is 20.7 Å². The van der Waals surface area contributed by atoms with Crippen LogP contribution in [0, 0.1) is 28.4 Å². The molecule has 5 nitrogen and oxygen atoms in total. The number of hydrogen-bond acceptors (Lipinski definition) is 5. The van der Waals surface area contributed by atoms with Crippen molar-refractivity contribution in [1.82, 2.24) is 4.98 Å². The maximum atomic E-state index is 10.9. The smallest absolute Gasteiger partial charge is 0.258 e.